The van der Waals surface area contributed by atoms with E-state index >= 15 is 0 Å². The van der Waals surface area contributed by atoms with Crippen LogP contribution in [0, 0.1) is 11.8 Å². The highest BCUT2D eigenvalue weighted by Gasteiger charge is 2.39. The summed E-state index contributed by atoms with van der Waals surface area (Å²) >= 11 is 0. The summed E-state index contributed by atoms with van der Waals surface area (Å²) in [7, 11) is 1.28. The average Bonchev–Trinajstić information content (AvgIpc) is 4.03. The summed E-state index contributed by atoms with van der Waals surface area (Å²) in [4.78, 5) is 85.8. The molecule has 0 spiro atoms. The molecular weight excluding hydrogens is 727 g/mol. The highest BCUT2D eigenvalue weighted by atomic mass is 16.5. The summed E-state index contributed by atoms with van der Waals surface area (Å²) in [5, 5.41) is 8.14. The maximum atomic E-state index is 13.7. The van der Waals surface area contributed by atoms with E-state index in [-0.39, 0.29) is 41.6 Å². The van der Waals surface area contributed by atoms with E-state index in [1.54, 1.807) is 17.3 Å². The molecule has 0 unspecified atom stereocenters. The number of alkyl carbamates (subject to hydrolysis) is 1. The summed E-state index contributed by atoms with van der Waals surface area (Å²) in [5.74, 6) is 0.543. The van der Waals surface area contributed by atoms with E-state index in [2.05, 4.69) is 25.6 Å². The van der Waals surface area contributed by atoms with Gasteiger partial charge in [-0.15, -0.1) is 0 Å². The van der Waals surface area contributed by atoms with Crippen LogP contribution in [0.15, 0.2) is 42.9 Å². The minimum atomic E-state index is -0.733. The molecule has 0 bridgehead atoms. The summed E-state index contributed by atoms with van der Waals surface area (Å²) in [5.41, 5.74) is 5.27. The molecule has 1 aromatic carbocycles. The minimum Gasteiger partial charge on any atom is -0.453 e. The Bertz CT molecular complexity index is 2540. The minimum absolute atomic E-state index is 0.0519. The fraction of sp³-hybridized carbons (Fsp3) is 0.439. The fourth-order valence-electron chi connectivity index (χ4n) is 8.29. The van der Waals surface area contributed by atoms with Crippen LogP contribution in [-0.4, -0.2) is 101 Å². The molecule has 2 aliphatic heterocycles. The number of aromatic amines is 2. The second kappa shape index (κ2) is 15.0. The molecule has 0 aliphatic carbocycles. The van der Waals surface area contributed by atoms with Gasteiger partial charge in [-0.2, -0.15) is 0 Å². The van der Waals surface area contributed by atoms with Gasteiger partial charge in [-0.3, -0.25) is 19.4 Å². The molecule has 6 aromatic rings. The predicted molar refractivity (Wildman–Crippen MR) is 214 cm³/mol. The Labute approximate surface area is 328 Å². The number of rotatable bonds is 9. The monoisotopic (exact) mass is 773 g/mol. The van der Waals surface area contributed by atoms with Gasteiger partial charge in [0.15, 0.2) is 11.5 Å². The van der Waals surface area contributed by atoms with E-state index in [0.717, 1.165) is 63.2 Å². The first-order valence-corrected chi connectivity index (χ1v) is 19.6. The number of carbonyl (C=O) groups excluding carboxylic acids is 4. The van der Waals surface area contributed by atoms with Crippen LogP contribution in [0.3, 0.4) is 0 Å². The van der Waals surface area contributed by atoms with Crippen LogP contribution >= 0.6 is 0 Å². The first-order valence-electron chi connectivity index (χ1n) is 19.6. The van der Waals surface area contributed by atoms with Crippen molar-refractivity contribution in [1.82, 2.24) is 55.3 Å². The van der Waals surface area contributed by atoms with Gasteiger partial charge in [0.25, 0.3) is 0 Å². The topological polar surface area (TPSA) is 204 Å². The van der Waals surface area contributed by atoms with Crippen molar-refractivity contribution in [2.75, 3.05) is 20.2 Å². The Kier molecular flexibility index (Phi) is 9.96. The lowest BCUT2D eigenvalue weighted by Crippen LogP contribution is -2.51. The Morgan fingerprint density at radius 1 is 0.825 bits per heavy atom. The molecule has 5 aromatic heterocycles. The summed E-state index contributed by atoms with van der Waals surface area (Å²) in [6.45, 7) is 10.2. The van der Waals surface area contributed by atoms with E-state index in [0.29, 0.717) is 42.3 Å². The van der Waals surface area contributed by atoms with Gasteiger partial charge in [-0.05, 0) is 55.7 Å². The number of likely N-dealkylation sites (tertiary alicyclic amines) is 2. The smallest absolute Gasteiger partial charge is 0.407 e. The average molecular weight is 774 g/mol. The Hall–Kier alpha value is -6.19. The van der Waals surface area contributed by atoms with Crippen molar-refractivity contribution in [2.24, 2.45) is 11.8 Å². The predicted octanol–water partition coefficient (Wildman–Crippen LogP) is 5.47. The maximum Gasteiger partial charge on any atom is 0.407 e. The zero-order valence-electron chi connectivity index (χ0n) is 32.9. The lowest BCUT2D eigenvalue weighted by molar-refractivity contribution is -0.138. The van der Waals surface area contributed by atoms with Gasteiger partial charge in [0.2, 0.25) is 17.7 Å². The van der Waals surface area contributed by atoms with Crippen LogP contribution in [0.5, 0.6) is 0 Å². The number of methoxy groups -OCH3 is 1. The molecule has 296 valence electrons. The molecule has 4 N–H and O–H groups in total. The summed E-state index contributed by atoms with van der Waals surface area (Å²) < 4.78 is 4.77. The maximum absolute atomic E-state index is 13.7. The largest absolute Gasteiger partial charge is 0.453 e. The number of amides is 4. The number of benzene rings is 1. The lowest BCUT2D eigenvalue weighted by atomic mass is 10.0. The van der Waals surface area contributed by atoms with Gasteiger partial charge in [0.1, 0.15) is 23.4 Å². The van der Waals surface area contributed by atoms with E-state index < -0.39 is 18.2 Å². The van der Waals surface area contributed by atoms with Gasteiger partial charge < -0.3 is 35.1 Å². The zero-order valence-corrected chi connectivity index (χ0v) is 32.9. The standard InChI is InChI=1S/C41H47N11O5/c1-20(2)32(45-22(5)53)39(54)51-13-7-9-30(51)36-46-29-19-43-28-15-23(11-12-25(28)34(29)47-36)27-16-24-17-44-38-35(26(24)18-42-27)48-37(50-38)31-10-8-14-52(31)40(55)33(21(3)4)49-41(56)57-6/h11-12,15-21,30-33,42H,7-10,13-14H2,1-6H3,(H,45,53)(H,46,47)(H,49,56)/t30-,31-,32-,33-/m0/s1. The highest BCUT2D eigenvalue weighted by Crippen LogP contribution is 2.36. The van der Waals surface area contributed by atoms with Crippen LogP contribution in [0.4, 0.5) is 4.79 Å². The molecule has 2 fully saturated rings. The number of pyridine rings is 3. The van der Waals surface area contributed by atoms with Crippen molar-refractivity contribution in [3.63, 3.8) is 0 Å². The third kappa shape index (κ3) is 6.97. The van der Waals surface area contributed by atoms with Crippen molar-refractivity contribution in [2.45, 2.75) is 84.5 Å². The van der Waals surface area contributed by atoms with E-state index in [4.69, 9.17) is 24.7 Å². The van der Waals surface area contributed by atoms with Crippen molar-refractivity contribution >= 4 is 67.7 Å². The van der Waals surface area contributed by atoms with Gasteiger partial charge in [-0.25, -0.2) is 24.7 Å². The molecule has 2 aliphatic rings. The lowest BCUT2D eigenvalue weighted by Gasteiger charge is -2.30. The molecule has 4 atom stereocenters. The first-order chi connectivity index (χ1) is 27.4. The van der Waals surface area contributed by atoms with Crippen molar-refractivity contribution < 1.29 is 23.9 Å². The van der Waals surface area contributed by atoms with Crippen molar-refractivity contribution in [3.8, 4) is 11.3 Å². The van der Waals surface area contributed by atoms with Crippen LogP contribution in [-0.2, 0) is 19.1 Å². The first kappa shape index (κ1) is 37.7. The number of imidazole rings is 2. The number of hydrogen-bond acceptors (Lipinski definition) is 10. The molecular formula is C41H47N11O5. The van der Waals surface area contributed by atoms with Crippen molar-refractivity contribution in [3.05, 3.63) is 54.5 Å². The quantitative estimate of drug-likeness (QED) is 0.146. The molecule has 16 nitrogen and oxygen atoms in total. The third-order valence-electron chi connectivity index (χ3n) is 11.2. The summed E-state index contributed by atoms with van der Waals surface area (Å²) in [6.07, 6.45) is 7.95. The molecule has 57 heavy (non-hydrogen) atoms. The van der Waals surface area contributed by atoms with Crippen molar-refractivity contribution in [1.29, 1.82) is 0 Å². The van der Waals surface area contributed by atoms with Crippen LogP contribution in [0.25, 0.3) is 55.1 Å². The number of nitrogens with zero attached hydrogens (tertiary/aromatic N) is 7. The Morgan fingerprint density at radius 2 is 1.53 bits per heavy atom. The highest BCUT2D eigenvalue weighted by molar-refractivity contribution is 6.05. The van der Waals surface area contributed by atoms with E-state index in [1.165, 1.54) is 14.0 Å². The van der Waals surface area contributed by atoms with Gasteiger partial charge in [-0.1, -0.05) is 33.8 Å². The van der Waals surface area contributed by atoms with Crippen LogP contribution in [0.2, 0.25) is 0 Å². The number of aromatic nitrogens is 7. The molecule has 4 amide bonds. The van der Waals surface area contributed by atoms with Gasteiger partial charge in [0.05, 0.1) is 41.9 Å². The number of fused-ring (bicyclic) bond motifs is 6. The number of hydrogen-bond donors (Lipinski definition) is 4. The number of ether oxygens (including phenoxy) is 1. The molecule has 0 saturated carbocycles. The van der Waals surface area contributed by atoms with Crippen LogP contribution < -0.4 is 10.6 Å². The van der Waals surface area contributed by atoms with Gasteiger partial charge in [0, 0.05) is 59.8 Å². The van der Waals surface area contributed by atoms with Crippen LogP contribution in [0.1, 0.15) is 84.0 Å². The molecule has 16 heteroatoms. The molecule has 7 heterocycles. The third-order valence-corrected chi connectivity index (χ3v) is 11.2. The van der Waals surface area contributed by atoms with E-state index in [1.807, 2.05) is 63.1 Å². The Balaban J connectivity index is 1.05. The SMILES string of the molecule is COC(=O)N[C@H](C(=O)N1CCC[C@H]1c1nc2ncc3cc(-c4ccc5c(c4)ncc4[nH]c([C@@H]6CCCN6C(=O)[C@@H](NC(C)=O)C(C)C)nc45)[nH]cc3c2n1)C(C)C. The van der Waals surface area contributed by atoms with Gasteiger partial charge >= 0.3 is 6.09 Å². The zero-order chi connectivity index (χ0) is 40.1. The second-order valence-corrected chi connectivity index (χ2v) is 15.8. The Morgan fingerprint density at radius 3 is 2.23 bits per heavy atom. The number of carbonyl (C=O) groups is 4. The normalized spacial score (nSPS) is 18.3. The second-order valence-electron chi connectivity index (χ2n) is 15.8. The van der Waals surface area contributed by atoms with E-state index in [9.17, 15) is 19.2 Å². The number of nitrogens with one attached hydrogen (secondary N) is 4. The number of H-pyrrole nitrogens is 2. The fourth-order valence-corrected chi connectivity index (χ4v) is 8.29. The molecule has 2 saturated heterocycles. The molecule has 8 rings (SSSR count). The summed E-state index contributed by atoms with van der Waals surface area (Å²) in [6, 6.07) is 6.20. The molecule has 0 radical (unpaired) electrons.